The average Bonchev–Trinajstić information content (AvgIpc) is 2.40. The van der Waals surface area contributed by atoms with E-state index in [1.807, 2.05) is 0 Å². The summed E-state index contributed by atoms with van der Waals surface area (Å²) >= 11 is 8.88. The van der Waals surface area contributed by atoms with E-state index in [1.165, 1.54) is 4.31 Å². The fraction of sp³-hybridized carbons (Fsp3) is 0.455. The minimum absolute atomic E-state index is 0.0448. The van der Waals surface area contributed by atoms with Crippen molar-refractivity contribution in [2.45, 2.75) is 17.9 Å². The standard InChI is InChI=1S/C11H13BrClFN2O3S/c1-6-5-19-3-2-16(6)20(17,18)8-4-7(13)9(12)11(15)10(8)14/h4,6H,2-3,5,15H2,1H3/t6-/m1/s1. The SMILES string of the molecule is C[C@@H]1COCCN1S(=O)(=O)c1cc(Cl)c(Br)c(N)c1F. The van der Waals surface area contributed by atoms with E-state index in [9.17, 15) is 12.8 Å². The van der Waals surface area contributed by atoms with Crippen molar-refractivity contribution in [1.29, 1.82) is 0 Å². The molecule has 1 saturated heterocycles. The molecule has 2 N–H and O–H groups in total. The van der Waals surface area contributed by atoms with E-state index in [1.54, 1.807) is 6.92 Å². The van der Waals surface area contributed by atoms with Gasteiger partial charge in [0.15, 0.2) is 5.82 Å². The largest absolute Gasteiger partial charge is 0.395 e. The molecule has 112 valence electrons. The van der Waals surface area contributed by atoms with Gasteiger partial charge in [-0.15, -0.1) is 0 Å². The number of morpholine rings is 1. The number of nitrogens with two attached hydrogens (primary N) is 1. The lowest BCUT2D eigenvalue weighted by Crippen LogP contribution is -2.47. The summed E-state index contributed by atoms with van der Waals surface area (Å²) in [7, 11) is -4.01. The number of rotatable bonds is 2. The van der Waals surface area contributed by atoms with Crippen molar-refractivity contribution >= 4 is 43.2 Å². The zero-order chi connectivity index (χ0) is 15.1. The number of nitrogens with zero attached hydrogens (tertiary/aromatic N) is 1. The summed E-state index contributed by atoms with van der Waals surface area (Å²) < 4.78 is 45.8. The van der Waals surface area contributed by atoms with Gasteiger partial charge in [-0.3, -0.25) is 0 Å². The summed E-state index contributed by atoms with van der Waals surface area (Å²) in [4.78, 5) is -0.517. The van der Waals surface area contributed by atoms with Gasteiger partial charge in [-0.25, -0.2) is 12.8 Å². The van der Waals surface area contributed by atoms with Crippen LogP contribution in [0, 0.1) is 5.82 Å². The molecule has 20 heavy (non-hydrogen) atoms. The number of hydrogen-bond donors (Lipinski definition) is 1. The molecule has 1 aromatic carbocycles. The van der Waals surface area contributed by atoms with Crippen molar-refractivity contribution in [2.75, 3.05) is 25.5 Å². The Balaban J connectivity index is 2.55. The predicted octanol–water partition coefficient (Wildman–Crippen LogP) is 2.23. The lowest BCUT2D eigenvalue weighted by molar-refractivity contribution is 0.0392. The Morgan fingerprint density at radius 3 is 2.85 bits per heavy atom. The maximum Gasteiger partial charge on any atom is 0.246 e. The van der Waals surface area contributed by atoms with E-state index in [0.29, 0.717) is 0 Å². The highest BCUT2D eigenvalue weighted by molar-refractivity contribution is 9.10. The van der Waals surface area contributed by atoms with Crippen LogP contribution in [-0.4, -0.2) is 38.5 Å². The van der Waals surface area contributed by atoms with Gasteiger partial charge >= 0.3 is 0 Å². The summed E-state index contributed by atoms with van der Waals surface area (Å²) in [6.45, 7) is 2.39. The molecule has 0 radical (unpaired) electrons. The molecule has 0 amide bonds. The Morgan fingerprint density at radius 2 is 2.25 bits per heavy atom. The van der Waals surface area contributed by atoms with Gasteiger partial charge in [-0.05, 0) is 28.9 Å². The monoisotopic (exact) mass is 386 g/mol. The molecular weight excluding hydrogens is 375 g/mol. The highest BCUT2D eigenvalue weighted by atomic mass is 79.9. The van der Waals surface area contributed by atoms with Crippen molar-refractivity contribution in [3.05, 3.63) is 21.4 Å². The van der Waals surface area contributed by atoms with Crippen LogP contribution in [0.2, 0.25) is 5.02 Å². The first-order valence-electron chi connectivity index (χ1n) is 5.79. The second-order valence-corrected chi connectivity index (χ2v) is 7.50. The molecular formula is C11H13BrClFN2O3S. The van der Waals surface area contributed by atoms with Crippen LogP contribution in [-0.2, 0) is 14.8 Å². The topological polar surface area (TPSA) is 72.6 Å². The maximum absolute atomic E-state index is 14.2. The number of sulfonamides is 1. The van der Waals surface area contributed by atoms with E-state index in [4.69, 9.17) is 22.1 Å². The first-order valence-corrected chi connectivity index (χ1v) is 8.40. The number of ether oxygens (including phenoxy) is 1. The van der Waals surface area contributed by atoms with Crippen LogP contribution >= 0.6 is 27.5 Å². The molecule has 1 aromatic rings. The molecule has 1 aliphatic rings. The first kappa shape index (κ1) is 16.0. The summed E-state index contributed by atoms with van der Waals surface area (Å²) in [6, 6.07) is 0.686. The highest BCUT2D eigenvalue weighted by Crippen LogP contribution is 2.36. The van der Waals surface area contributed by atoms with Gasteiger partial charge in [0, 0.05) is 12.6 Å². The van der Waals surface area contributed by atoms with Gasteiger partial charge in [0.25, 0.3) is 0 Å². The molecule has 1 aliphatic heterocycles. The molecule has 9 heteroatoms. The molecule has 0 bridgehead atoms. The normalized spacial score (nSPS) is 21.1. The molecule has 1 atom stereocenters. The van der Waals surface area contributed by atoms with Crippen LogP contribution in [0.3, 0.4) is 0 Å². The van der Waals surface area contributed by atoms with Crippen LogP contribution in [0.4, 0.5) is 10.1 Å². The summed E-state index contributed by atoms with van der Waals surface area (Å²) in [6.07, 6.45) is 0. The quantitative estimate of drug-likeness (QED) is 0.624. The molecule has 0 spiro atoms. The zero-order valence-corrected chi connectivity index (χ0v) is 13.7. The fourth-order valence-electron chi connectivity index (χ4n) is 1.98. The number of nitrogen functional groups attached to an aromatic ring is 1. The minimum atomic E-state index is -4.01. The van der Waals surface area contributed by atoms with Crippen LogP contribution < -0.4 is 5.73 Å². The second kappa shape index (κ2) is 5.76. The number of anilines is 1. The van der Waals surface area contributed by atoms with Crippen LogP contribution in [0.25, 0.3) is 0 Å². The van der Waals surface area contributed by atoms with Crippen LogP contribution in [0.15, 0.2) is 15.4 Å². The van der Waals surface area contributed by atoms with Crippen molar-refractivity contribution < 1.29 is 17.5 Å². The molecule has 1 heterocycles. The number of benzene rings is 1. The van der Waals surface area contributed by atoms with Gasteiger partial charge in [0.05, 0.1) is 28.4 Å². The van der Waals surface area contributed by atoms with Crippen molar-refractivity contribution in [2.24, 2.45) is 0 Å². The number of halogens is 3. The fourth-order valence-corrected chi connectivity index (χ4v) is 4.25. The molecule has 5 nitrogen and oxygen atoms in total. The summed E-state index contributed by atoms with van der Waals surface area (Å²) in [5.74, 6) is -1.00. The van der Waals surface area contributed by atoms with E-state index in [2.05, 4.69) is 15.9 Å². The third kappa shape index (κ3) is 2.67. The van der Waals surface area contributed by atoms with Gasteiger partial charge in [0.1, 0.15) is 4.90 Å². The lowest BCUT2D eigenvalue weighted by Gasteiger charge is -2.32. The van der Waals surface area contributed by atoms with Crippen molar-refractivity contribution in [3.8, 4) is 0 Å². The summed E-state index contributed by atoms with van der Waals surface area (Å²) in [5, 5.41) is 0.0448. The molecule has 0 saturated carbocycles. The third-order valence-corrected chi connectivity index (χ3v) is 6.44. The molecule has 0 aromatic heterocycles. The van der Waals surface area contributed by atoms with Crippen molar-refractivity contribution in [3.63, 3.8) is 0 Å². The number of hydrogen-bond acceptors (Lipinski definition) is 4. The summed E-state index contributed by atoms with van der Waals surface area (Å²) in [5.41, 5.74) is 5.21. The Morgan fingerprint density at radius 1 is 1.60 bits per heavy atom. The van der Waals surface area contributed by atoms with E-state index in [-0.39, 0.29) is 41.0 Å². The molecule has 2 rings (SSSR count). The first-order chi connectivity index (χ1) is 9.26. The van der Waals surface area contributed by atoms with E-state index < -0.39 is 20.7 Å². The Bertz CT molecular complexity index is 641. The Hall–Kier alpha value is -0.410. The van der Waals surface area contributed by atoms with Gasteiger partial charge in [-0.1, -0.05) is 11.6 Å². The van der Waals surface area contributed by atoms with Gasteiger partial charge < -0.3 is 10.5 Å². The van der Waals surface area contributed by atoms with Crippen molar-refractivity contribution in [1.82, 2.24) is 4.31 Å². The zero-order valence-electron chi connectivity index (χ0n) is 10.6. The van der Waals surface area contributed by atoms with Gasteiger partial charge in [0.2, 0.25) is 10.0 Å². The predicted molar refractivity (Wildman–Crippen MR) is 77.7 cm³/mol. The van der Waals surface area contributed by atoms with Gasteiger partial charge in [-0.2, -0.15) is 4.31 Å². The highest BCUT2D eigenvalue weighted by Gasteiger charge is 2.34. The van der Waals surface area contributed by atoms with Crippen LogP contribution in [0.5, 0.6) is 0 Å². The Kier molecular flexibility index (Phi) is 4.60. The Labute approximate surface area is 130 Å². The van der Waals surface area contributed by atoms with E-state index >= 15 is 0 Å². The third-order valence-electron chi connectivity index (χ3n) is 3.05. The van der Waals surface area contributed by atoms with Crippen LogP contribution in [0.1, 0.15) is 6.92 Å². The maximum atomic E-state index is 14.2. The lowest BCUT2D eigenvalue weighted by atomic mass is 10.3. The average molecular weight is 388 g/mol. The minimum Gasteiger partial charge on any atom is -0.395 e. The van der Waals surface area contributed by atoms with E-state index in [0.717, 1.165) is 6.07 Å². The molecule has 1 fully saturated rings. The second-order valence-electron chi connectivity index (χ2n) is 4.44. The smallest absolute Gasteiger partial charge is 0.246 e. The molecule has 0 aliphatic carbocycles. The molecule has 0 unspecified atom stereocenters.